The van der Waals surface area contributed by atoms with Crippen LogP contribution in [0.4, 0.5) is 0 Å². The van der Waals surface area contributed by atoms with Crippen molar-refractivity contribution in [2.24, 2.45) is 0 Å². The van der Waals surface area contributed by atoms with Crippen molar-refractivity contribution in [3.05, 3.63) is 42.1 Å². The molecule has 0 saturated heterocycles. The first-order valence-corrected chi connectivity index (χ1v) is 6.74. The second-order valence-electron chi connectivity index (χ2n) is 4.64. The van der Waals surface area contributed by atoms with Crippen LogP contribution in [0.15, 0.2) is 34.9 Å². The third-order valence-corrected chi connectivity index (χ3v) is 2.83. The fourth-order valence-corrected chi connectivity index (χ4v) is 1.75. The number of aliphatic hydroxyl groups is 1. The maximum absolute atomic E-state index is 9.83. The van der Waals surface area contributed by atoms with Gasteiger partial charge in [0.15, 0.2) is 0 Å². The SMILES string of the molecule is COc1ccc(OCC(O)CNCc2ncc(C)o2)cc1. The fourth-order valence-electron chi connectivity index (χ4n) is 1.75. The van der Waals surface area contributed by atoms with Gasteiger partial charge in [-0.1, -0.05) is 0 Å². The Morgan fingerprint density at radius 2 is 2.00 bits per heavy atom. The number of nitrogens with one attached hydrogen (secondary N) is 1. The van der Waals surface area contributed by atoms with Crippen LogP contribution in [0.1, 0.15) is 11.7 Å². The lowest BCUT2D eigenvalue weighted by Gasteiger charge is -2.13. The maximum Gasteiger partial charge on any atom is 0.208 e. The van der Waals surface area contributed by atoms with E-state index in [1.165, 1.54) is 0 Å². The van der Waals surface area contributed by atoms with Crippen LogP contribution in [0.25, 0.3) is 0 Å². The number of aryl methyl sites for hydroxylation is 1. The largest absolute Gasteiger partial charge is 0.497 e. The van der Waals surface area contributed by atoms with Crippen LogP contribution in [-0.2, 0) is 6.54 Å². The smallest absolute Gasteiger partial charge is 0.208 e. The Labute approximate surface area is 123 Å². The van der Waals surface area contributed by atoms with Crippen molar-refractivity contribution < 1.29 is 19.0 Å². The standard InChI is InChI=1S/C15H20N2O4/c1-11-7-17-15(21-11)9-16-8-12(18)10-20-14-5-3-13(19-2)4-6-14/h3-7,12,16,18H,8-10H2,1-2H3. The molecule has 2 rings (SSSR count). The molecule has 1 atom stereocenters. The average Bonchev–Trinajstić information content (AvgIpc) is 2.91. The Hall–Kier alpha value is -2.05. The second kappa shape index (κ2) is 7.66. The van der Waals surface area contributed by atoms with Gasteiger partial charge in [-0.2, -0.15) is 0 Å². The summed E-state index contributed by atoms with van der Waals surface area (Å²) < 4.78 is 15.9. The normalized spacial score (nSPS) is 12.1. The number of oxazole rings is 1. The van der Waals surface area contributed by atoms with Crippen LogP contribution in [0.2, 0.25) is 0 Å². The molecule has 6 nitrogen and oxygen atoms in total. The summed E-state index contributed by atoms with van der Waals surface area (Å²) >= 11 is 0. The van der Waals surface area contributed by atoms with Crippen molar-refractivity contribution in [1.82, 2.24) is 10.3 Å². The zero-order chi connectivity index (χ0) is 15.1. The van der Waals surface area contributed by atoms with Crippen LogP contribution in [-0.4, -0.2) is 36.5 Å². The average molecular weight is 292 g/mol. The van der Waals surface area contributed by atoms with Gasteiger partial charge in [-0.15, -0.1) is 0 Å². The Morgan fingerprint density at radius 3 is 2.62 bits per heavy atom. The number of nitrogens with zero attached hydrogens (tertiary/aromatic N) is 1. The molecule has 0 saturated carbocycles. The van der Waals surface area contributed by atoms with E-state index in [1.54, 1.807) is 25.4 Å². The van der Waals surface area contributed by atoms with E-state index in [-0.39, 0.29) is 6.61 Å². The van der Waals surface area contributed by atoms with Gasteiger partial charge >= 0.3 is 0 Å². The van der Waals surface area contributed by atoms with Gasteiger partial charge in [-0.25, -0.2) is 4.98 Å². The third kappa shape index (κ3) is 5.09. The number of methoxy groups -OCH3 is 1. The van der Waals surface area contributed by atoms with Crippen LogP contribution < -0.4 is 14.8 Å². The molecular weight excluding hydrogens is 272 g/mol. The minimum atomic E-state index is -0.608. The molecule has 0 aliphatic carbocycles. The lowest BCUT2D eigenvalue weighted by Crippen LogP contribution is -2.31. The Morgan fingerprint density at radius 1 is 1.29 bits per heavy atom. The predicted molar refractivity (Wildman–Crippen MR) is 77.4 cm³/mol. The summed E-state index contributed by atoms with van der Waals surface area (Å²) in [6, 6.07) is 7.22. The van der Waals surface area contributed by atoms with Gasteiger partial charge in [0.1, 0.15) is 30.0 Å². The monoisotopic (exact) mass is 292 g/mol. The molecule has 0 radical (unpaired) electrons. The van der Waals surface area contributed by atoms with E-state index in [4.69, 9.17) is 13.9 Å². The molecule has 6 heteroatoms. The molecule has 1 aromatic carbocycles. The number of aliphatic hydroxyl groups excluding tert-OH is 1. The van der Waals surface area contributed by atoms with E-state index in [9.17, 15) is 5.11 Å². The molecule has 0 fully saturated rings. The third-order valence-electron chi connectivity index (χ3n) is 2.83. The highest BCUT2D eigenvalue weighted by atomic mass is 16.5. The van der Waals surface area contributed by atoms with Crippen LogP contribution in [0, 0.1) is 6.92 Å². The van der Waals surface area contributed by atoms with Crippen LogP contribution in [0.3, 0.4) is 0 Å². The van der Waals surface area contributed by atoms with Gasteiger partial charge in [0.25, 0.3) is 0 Å². The van der Waals surface area contributed by atoms with E-state index < -0.39 is 6.10 Å². The van der Waals surface area contributed by atoms with Crippen LogP contribution >= 0.6 is 0 Å². The Kier molecular flexibility index (Phi) is 5.59. The number of hydrogen-bond acceptors (Lipinski definition) is 6. The predicted octanol–water partition coefficient (Wildman–Crippen LogP) is 1.52. The summed E-state index contributed by atoms with van der Waals surface area (Å²) in [6.45, 7) is 2.93. The summed E-state index contributed by atoms with van der Waals surface area (Å²) in [7, 11) is 1.61. The molecule has 0 bridgehead atoms. The molecule has 2 aromatic rings. The van der Waals surface area contributed by atoms with E-state index in [2.05, 4.69) is 10.3 Å². The molecule has 2 N–H and O–H groups in total. The molecule has 1 aromatic heterocycles. The summed E-state index contributed by atoms with van der Waals surface area (Å²) in [6.07, 6.45) is 1.06. The molecular formula is C15H20N2O4. The highest BCUT2D eigenvalue weighted by molar-refractivity contribution is 5.31. The highest BCUT2D eigenvalue weighted by Gasteiger charge is 2.06. The highest BCUT2D eigenvalue weighted by Crippen LogP contribution is 2.16. The van der Waals surface area contributed by atoms with Crippen molar-refractivity contribution in [1.29, 1.82) is 0 Å². The summed E-state index contributed by atoms with van der Waals surface area (Å²) in [5, 5.41) is 12.9. The number of hydrogen-bond donors (Lipinski definition) is 2. The van der Waals surface area contributed by atoms with E-state index in [0.29, 0.717) is 24.7 Å². The van der Waals surface area contributed by atoms with Gasteiger partial charge in [0.2, 0.25) is 5.89 Å². The van der Waals surface area contributed by atoms with Gasteiger partial charge < -0.3 is 24.3 Å². The Bertz CT molecular complexity index is 539. The molecule has 1 unspecified atom stereocenters. The van der Waals surface area contributed by atoms with E-state index in [1.807, 2.05) is 19.1 Å². The van der Waals surface area contributed by atoms with Crippen molar-refractivity contribution >= 4 is 0 Å². The van der Waals surface area contributed by atoms with Gasteiger partial charge in [0.05, 0.1) is 19.9 Å². The zero-order valence-corrected chi connectivity index (χ0v) is 12.2. The van der Waals surface area contributed by atoms with Crippen molar-refractivity contribution in [2.45, 2.75) is 19.6 Å². The van der Waals surface area contributed by atoms with Gasteiger partial charge in [-0.3, -0.25) is 0 Å². The van der Waals surface area contributed by atoms with Crippen molar-refractivity contribution in [2.75, 3.05) is 20.3 Å². The van der Waals surface area contributed by atoms with Crippen LogP contribution in [0.5, 0.6) is 11.5 Å². The minimum absolute atomic E-state index is 0.212. The molecule has 0 spiro atoms. The first-order chi connectivity index (χ1) is 10.2. The molecule has 1 heterocycles. The van der Waals surface area contributed by atoms with E-state index >= 15 is 0 Å². The summed E-state index contributed by atoms with van der Waals surface area (Å²) in [5.74, 6) is 2.84. The summed E-state index contributed by atoms with van der Waals surface area (Å²) in [5.41, 5.74) is 0. The number of aromatic nitrogens is 1. The maximum atomic E-state index is 9.83. The molecule has 114 valence electrons. The van der Waals surface area contributed by atoms with Crippen molar-refractivity contribution in [3.8, 4) is 11.5 Å². The first-order valence-electron chi connectivity index (χ1n) is 6.74. The topological polar surface area (TPSA) is 76.8 Å². The lowest BCUT2D eigenvalue weighted by molar-refractivity contribution is 0.105. The molecule has 0 aliphatic rings. The molecule has 21 heavy (non-hydrogen) atoms. The zero-order valence-electron chi connectivity index (χ0n) is 12.2. The summed E-state index contributed by atoms with van der Waals surface area (Å²) in [4.78, 5) is 4.07. The lowest BCUT2D eigenvalue weighted by atomic mass is 10.3. The van der Waals surface area contributed by atoms with Crippen molar-refractivity contribution in [3.63, 3.8) is 0 Å². The fraction of sp³-hybridized carbons (Fsp3) is 0.400. The first kappa shape index (κ1) is 15.3. The van der Waals surface area contributed by atoms with Gasteiger partial charge in [0, 0.05) is 6.54 Å². The minimum Gasteiger partial charge on any atom is -0.497 e. The molecule has 0 aliphatic heterocycles. The number of ether oxygens (including phenoxy) is 2. The second-order valence-corrected chi connectivity index (χ2v) is 4.64. The van der Waals surface area contributed by atoms with E-state index in [0.717, 1.165) is 11.5 Å². The quantitative estimate of drug-likeness (QED) is 0.768. The van der Waals surface area contributed by atoms with Gasteiger partial charge in [-0.05, 0) is 31.2 Å². The molecule has 0 amide bonds. The number of benzene rings is 1. The number of rotatable bonds is 8. The Balaban J connectivity index is 1.65.